The van der Waals surface area contributed by atoms with E-state index >= 15 is 0 Å². The molecule has 1 aromatic carbocycles. The van der Waals surface area contributed by atoms with Crippen molar-refractivity contribution in [3.05, 3.63) is 39.9 Å². The smallest absolute Gasteiger partial charge is 0.258 e. The zero-order valence-electron chi connectivity index (χ0n) is 9.00. The van der Waals surface area contributed by atoms with Crippen molar-refractivity contribution in [3.8, 4) is 0 Å². The summed E-state index contributed by atoms with van der Waals surface area (Å²) < 4.78 is 0. The minimum Gasteiger partial charge on any atom is -0.258 e. The SMILES string of the molecule is [N]C1CCC(c2ccc([N+](=O)[O-])cc2)CC1. The minimum absolute atomic E-state index is 0.139. The summed E-state index contributed by atoms with van der Waals surface area (Å²) in [5, 5.41) is 10.5. The van der Waals surface area contributed by atoms with Crippen LogP contribution in [0.1, 0.15) is 37.2 Å². The average molecular weight is 218 g/mol. The third kappa shape index (κ3) is 2.39. The Labute approximate surface area is 94.6 Å². The molecule has 1 aromatic rings. The van der Waals surface area contributed by atoms with Gasteiger partial charge < -0.3 is 0 Å². The second-order valence-electron chi connectivity index (χ2n) is 4.35. The molecular weight excluding hydrogens is 204 g/mol. The number of non-ortho nitro benzene ring substituents is 1. The molecule has 0 spiro atoms. The van der Waals surface area contributed by atoms with Crippen LogP contribution in [0, 0.1) is 10.1 Å². The number of nitrogens with zero attached hydrogens (tertiary/aromatic N) is 2. The number of benzene rings is 1. The van der Waals surface area contributed by atoms with Gasteiger partial charge in [0.25, 0.3) is 5.69 Å². The molecular formula is C12H14N2O2. The highest BCUT2D eigenvalue weighted by atomic mass is 16.6. The average Bonchev–Trinajstić information content (AvgIpc) is 2.30. The van der Waals surface area contributed by atoms with E-state index < -0.39 is 0 Å². The van der Waals surface area contributed by atoms with Gasteiger partial charge in [-0.25, -0.2) is 0 Å². The first kappa shape index (κ1) is 11.1. The molecule has 0 atom stereocenters. The fourth-order valence-corrected chi connectivity index (χ4v) is 2.28. The van der Waals surface area contributed by atoms with Crippen LogP contribution >= 0.6 is 0 Å². The number of nitro benzene ring substituents is 1. The standard InChI is InChI=1S/C12H14N2O2/c13-11-5-1-9(2-6-11)10-3-7-12(8-4-10)14(15)16/h3-4,7-9,11H,1-2,5-6H2. The Bertz CT molecular complexity index is 367. The Hall–Kier alpha value is -1.42. The third-order valence-electron chi connectivity index (χ3n) is 3.27. The lowest BCUT2D eigenvalue weighted by molar-refractivity contribution is -0.384. The Morgan fingerprint density at radius 1 is 1.12 bits per heavy atom. The van der Waals surface area contributed by atoms with E-state index in [0.717, 1.165) is 31.2 Å². The molecule has 0 saturated heterocycles. The fourth-order valence-electron chi connectivity index (χ4n) is 2.28. The monoisotopic (exact) mass is 218 g/mol. The molecule has 0 unspecified atom stereocenters. The van der Waals surface area contributed by atoms with E-state index in [9.17, 15) is 15.8 Å². The topological polar surface area (TPSA) is 65.4 Å². The van der Waals surface area contributed by atoms with Gasteiger partial charge in [0.05, 0.1) is 4.92 Å². The molecule has 0 bridgehead atoms. The van der Waals surface area contributed by atoms with Crippen LogP contribution in [0.2, 0.25) is 0 Å². The fraction of sp³-hybridized carbons (Fsp3) is 0.500. The van der Waals surface area contributed by atoms with Crippen LogP contribution in [0.25, 0.3) is 0 Å². The van der Waals surface area contributed by atoms with E-state index in [-0.39, 0.29) is 16.7 Å². The predicted octanol–water partition coefficient (Wildman–Crippen LogP) is 2.69. The largest absolute Gasteiger partial charge is 0.269 e. The maximum absolute atomic E-state index is 10.5. The van der Waals surface area contributed by atoms with Crippen LogP contribution in [-0.2, 0) is 0 Å². The molecule has 2 radical (unpaired) electrons. The highest BCUT2D eigenvalue weighted by Gasteiger charge is 2.21. The summed E-state index contributed by atoms with van der Waals surface area (Å²) in [4.78, 5) is 10.1. The zero-order chi connectivity index (χ0) is 11.5. The first-order valence-corrected chi connectivity index (χ1v) is 5.59. The molecule has 16 heavy (non-hydrogen) atoms. The van der Waals surface area contributed by atoms with Gasteiger partial charge in [0.1, 0.15) is 0 Å². The van der Waals surface area contributed by atoms with Gasteiger partial charge in [0, 0.05) is 18.2 Å². The molecule has 0 aromatic heterocycles. The molecule has 1 saturated carbocycles. The molecule has 0 heterocycles. The van der Waals surface area contributed by atoms with Crippen molar-refractivity contribution < 1.29 is 4.92 Å². The van der Waals surface area contributed by atoms with Crippen molar-refractivity contribution in [2.75, 3.05) is 0 Å². The normalized spacial score (nSPS) is 25.3. The minimum atomic E-state index is -0.381. The van der Waals surface area contributed by atoms with Crippen molar-refractivity contribution >= 4 is 5.69 Å². The lowest BCUT2D eigenvalue weighted by Crippen LogP contribution is -2.18. The maximum atomic E-state index is 10.5. The highest BCUT2D eigenvalue weighted by Crippen LogP contribution is 2.33. The Balaban J connectivity index is 2.07. The number of hydrogen-bond donors (Lipinski definition) is 0. The van der Waals surface area contributed by atoms with Crippen molar-refractivity contribution in [2.24, 2.45) is 0 Å². The van der Waals surface area contributed by atoms with E-state index in [1.54, 1.807) is 12.1 Å². The van der Waals surface area contributed by atoms with Gasteiger partial charge in [0.15, 0.2) is 0 Å². The second kappa shape index (κ2) is 4.61. The Kier molecular flexibility index (Phi) is 3.19. The lowest BCUT2D eigenvalue weighted by atomic mass is 9.82. The summed E-state index contributed by atoms with van der Waals surface area (Å²) in [6, 6.07) is 6.62. The summed E-state index contributed by atoms with van der Waals surface area (Å²) in [7, 11) is 0. The van der Waals surface area contributed by atoms with Crippen LogP contribution in [0.4, 0.5) is 5.69 Å². The predicted molar refractivity (Wildman–Crippen MR) is 60.2 cm³/mol. The van der Waals surface area contributed by atoms with Crippen molar-refractivity contribution in [2.45, 2.75) is 37.6 Å². The molecule has 0 N–H and O–H groups in total. The van der Waals surface area contributed by atoms with Gasteiger partial charge >= 0.3 is 0 Å². The number of rotatable bonds is 2. The molecule has 0 aliphatic heterocycles. The summed E-state index contributed by atoms with van der Waals surface area (Å²) in [6.07, 6.45) is 3.61. The summed E-state index contributed by atoms with van der Waals surface area (Å²) in [5.74, 6) is 0.448. The zero-order valence-corrected chi connectivity index (χ0v) is 9.00. The Morgan fingerprint density at radius 3 is 2.19 bits per heavy atom. The highest BCUT2D eigenvalue weighted by molar-refractivity contribution is 5.34. The molecule has 4 heteroatoms. The van der Waals surface area contributed by atoms with Gasteiger partial charge in [-0.1, -0.05) is 12.1 Å². The first-order valence-electron chi connectivity index (χ1n) is 5.59. The van der Waals surface area contributed by atoms with Crippen LogP contribution in [0.5, 0.6) is 0 Å². The van der Waals surface area contributed by atoms with E-state index in [2.05, 4.69) is 0 Å². The van der Waals surface area contributed by atoms with Gasteiger partial charge in [-0.15, -0.1) is 5.73 Å². The van der Waals surface area contributed by atoms with Gasteiger partial charge in [0.2, 0.25) is 0 Å². The second-order valence-corrected chi connectivity index (χ2v) is 4.35. The Morgan fingerprint density at radius 2 is 1.69 bits per heavy atom. The van der Waals surface area contributed by atoms with Crippen molar-refractivity contribution in [3.63, 3.8) is 0 Å². The van der Waals surface area contributed by atoms with Crippen molar-refractivity contribution in [1.29, 1.82) is 0 Å². The van der Waals surface area contributed by atoms with E-state index in [0.29, 0.717) is 5.92 Å². The van der Waals surface area contributed by atoms with E-state index in [4.69, 9.17) is 0 Å². The maximum Gasteiger partial charge on any atom is 0.269 e. The summed E-state index contributed by atoms with van der Waals surface area (Å²) in [5.41, 5.74) is 10.7. The van der Waals surface area contributed by atoms with Gasteiger partial charge in [-0.05, 0) is 37.2 Å². The van der Waals surface area contributed by atoms with Gasteiger partial charge in [-0.2, -0.15) is 0 Å². The van der Waals surface area contributed by atoms with Crippen LogP contribution in [0.15, 0.2) is 24.3 Å². The molecule has 4 nitrogen and oxygen atoms in total. The molecule has 0 amide bonds. The summed E-state index contributed by atoms with van der Waals surface area (Å²) >= 11 is 0. The molecule has 84 valence electrons. The summed E-state index contributed by atoms with van der Waals surface area (Å²) in [6.45, 7) is 0. The van der Waals surface area contributed by atoms with E-state index in [1.165, 1.54) is 0 Å². The van der Waals surface area contributed by atoms with Gasteiger partial charge in [-0.3, -0.25) is 10.1 Å². The van der Waals surface area contributed by atoms with Crippen LogP contribution in [0.3, 0.4) is 0 Å². The molecule has 1 fully saturated rings. The van der Waals surface area contributed by atoms with Crippen LogP contribution in [-0.4, -0.2) is 11.0 Å². The quantitative estimate of drug-likeness (QED) is 0.565. The first-order chi connectivity index (χ1) is 7.66. The van der Waals surface area contributed by atoms with Crippen molar-refractivity contribution in [1.82, 2.24) is 5.73 Å². The number of nitro groups is 1. The molecule has 2 rings (SSSR count). The number of hydrogen-bond acceptors (Lipinski definition) is 2. The molecule has 1 aliphatic carbocycles. The van der Waals surface area contributed by atoms with E-state index in [1.807, 2.05) is 12.1 Å². The third-order valence-corrected chi connectivity index (χ3v) is 3.27. The lowest BCUT2D eigenvalue weighted by Gasteiger charge is -2.24. The molecule has 1 aliphatic rings. The van der Waals surface area contributed by atoms with Crippen LogP contribution < -0.4 is 5.73 Å².